The number of ether oxygens (including phenoxy) is 1. The Morgan fingerprint density at radius 1 is 1.41 bits per heavy atom. The summed E-state index contributed by atoms with van der Waals surface area (Å²) in [4.78, 5) is 2.01. The summed E-state index contributed by atoms with van der Waals surface area (Å²) in [6, 6.07) is 0.631. The first-order valence-electron chi connectivity index (χ1n) is 6.06. The lowest BCUT2D eigenvalue weighted by Crippen LogP contribution is -2.27. The Labute approximate surface area is 102 Å². The minimum Gasteiger partial charge on any atom is -0.406 e. The molecule has 1 atom stereocenters. The standard InChI is InChI=1S/C11H22N4O2/c1-5-15(7-8-16-6-2)11-14-13-10(17-11)9(3)12-4/h9,12H,5-8H2,1-4H3. The summed E-state index contributed by atoms with van der Waals surface area (Å²) in [5.41, 5.74) is 0. The molecule has 98 valence electrons. The van der Waals surface area contributed by atoms with Crippen LogP contribution in [0.15, 0.2) is 4.42 Å². The first-order valence-corrected chi connectivity index (χ1v) is 6.06. The summed E-state index contributed by atoms with van der Waals surface area (Å²) in [6.07, 6.45) is 0. The second kappa shape index (κ2) is 7.24. The highest BCUT2D eigenvalue weighted by Gasteiger charge is 2.15. The zero-order chi connectivity index (χ0) is 12.7. The maximum absolute atomic E-state index is 5.61. The van der Waals surface area contributed by atoms with Crippen molar-refractivity contribution in [1.29, 1.82) is 0 Å². The molecule has 0 fully saturated rings. The van der Waals surface area contributed by atoms with Gasteiger partial charge in [0.05, 0.1) is 12.6 Å². The van der Waals surface area contributed by atoms with Gasteiger partial charge in [-0.15, -0.1) is 5.10 Å². The Morgan fingerprint density at radius 2 is 2.18 bits per heavy atom. The molecule has 6 nitrogen and oxygen atoms in total. The topological polar surface area (TPSA) is 63.4 Å². The number of rotatable bonds is 8. The molecule has 1 rings (SSSR count). The largest absolute Gasteiger partial charge is 0.406 e. The van der Waals surface area contributed by atoms with Gasteiger partial charge in [-0.2, -0.15) is 0 Å². The smallest absolute Gasteiger partial charge is 0.318 e. The Balaban J connectivity index is 2.59. The first kappa shape index (κ1) is 13.9. The molecule has 1 aromatic heterocycles. The molecule has 1 heterocycles. The predicted molar refractivity (Wildman–Crippen MR) is 66.2 cm³/mol. The van der Waals surface area contributed by atoms with Crippen molar-refractivity contribution in [2.24, 2.45) is 0 Å². The van der Waals surface area contributed by atoms with E-state index >= 15 is 0 Å². The van der Waals surface area contributed by atoms with Crippen molar-refractivity contribution >= 4 is 6.01 Å². The van der Waals surface area contributed by atoms with Gasteiger partial charge in [0.15, 0.2) is 0 Å². The van der Waals surface area contributed by atoms with Crippen molar-refractivity contribution in [2.45, 2.75) is 26.8 Å². The fourth-order valence-electron chi connectivity index (χ4n) is 1.36. The van der Waals surface area contributed by atoms with Crippen LogP contribution in [0.25, 0.3) is 0 Å². The highest BCUT2D eigenvalue weighted by atomic mass is 16.5. The van der Waals surface area contributed by atoms with Gasteiger partial charge >= 0.3 is 6.01 Å². The summed E-state index contributed by atoms with van der Waals surface area (Å²) in [5, 5.41) is 11.1. The monoisotopic (exact) mass is 242 g/mol. The van der Waals surface area contributed by atoms with Crippen LogP contribution in [0.2, 0.25) is 0 Å². The molecule has 0 aliphatic rings. The van der Waals surface area contributed by atoms with Crippen LogP contribution in [0.5, 0.6) is 0 Å². The van der Waals surface area contributed by atoms with Gasteiger partial charge in [-0.1, -0.05) is 5.10 Å². The maximum Gasteiger partial charge on any atom is 0.318 e. The Kier molecular flexibility index (Phi) is 5.93. The molecule has 0 amide bonds. The average Bonchev–Trinajstić information content (AvgIpc) is 2.83. The summed E-state index contributed by atoms with van der Waals surface area (Å²) in [7, 11) is 1.86. The predicted octanol–water partition coefficient (Wildman–Crippen LogP) is 1.21. The minimum atomic E-state index is 0.0712. The number of aromatic nitrogens is 2. The van der Waals surface area contributed by atoms with Crippen LogP contribution < -0.4 is 10.2 Å². The van der Waals surface area contributed by atoms with E-state index in [9.17, 15) is 0 Å². The van der Waals surface area contributed by atoms with Crippen LogP contribution >= 0.6 is 0 Å². The van der Waals surface area contributed by atoms with Crippen LogP contribution in [-0.4, -0.2) is 43.5 Å². The molecule has 0 saturated heterocycles. The van der Waals surface area contributed by atoms with Crippen molar-refractivity contribution in [3.63, 3.8) is 0 Å². The van der Waals surface area contributed by atoms with Gasteiger partial charge < -0.3 is 19.4 Å². The highest BCUT2D eigenvalue weighted by Crippen LogP contribution is 2.16. The van der Waals surface area contributed by atoms with Crippen LogP contribution in [0.4, 0.5) is 6.01 Å². The maximum atomic E-state index is 5.61. The van der Waals surface area contributed by atoms with E-state index in [-0.39, 0.29) is 6.04 Å². The second-order valence-corrected chi connectivity index (χ2v) is 3.71. The molecular formula is C11H22N4O2. The number of nitrogens with zero attached hydrogens (tertiary/aromatic N) is 3. The number of nitrogens with one attached hydrogen (secondary N) is 1. The third-order valence-electron chi connectivity index (χ3n) is 2.60. The molecule has 0 saturated carbocycles. The van der Waals surface area contributed by atoms with Gasteiger partial charge in [0, 0.05) is 19.7 Å². The lowest BCUT2D eigenvalue weighted by molar-refractivity contribution is 0.153. The molecule has 17 heavy (non-hydrogen) atoms. The third kappa shape index (κ3) is 3.98. The van der Waals surface area contributed by atoms with E-state index in [1.54, 1.807) is 0 Å². The normalized spacial score (nSPS) is 12.7. The molecule has 0 aromatic carbocycles. The van der Waals surface area contributed by atoms with Gasteiger partial charge in [-0.25, -0.2) is 0 Å². The molecule has 6 heteroatoms. The van der Waals surface area contributed by atoms with Crippen molar-refractivity contribution in [3.8, 4) is 0 Å². The zero-order valence-corrected chi connectivity index (χ0v) is 11.1. The van der Waals surface area contributed by atoms with E-state index in [2.05, 4.69) is 22.4 Å². The fraction of sp³-hybridized carbons (Fsp3) is 0.818. The van der Waals surface area contributed by atoms with Gasteiger partial charge in [0.25, 0.3) is 0 Å². The molecule has 0 aliphatic heterocycles. The molecule has 0 aliphatic carbocycles. The SMILES string of the molecule is CCOCCN(CC)c1nnc(C(C)NC)o1. The lowest BCUT2D eigenvalue weighted by atomic mass is 10.3. The molecule has 0 spiro atoms. The molecular weight excluding hydrogens is 220 g/mol. The molecule has 1 aromatic rings. The first-order chi connectivity index (χ1) is 8.22. The summed E-state index contributed by atoms with van der Waals surface area (Å²) < 4.78 is 10.9. The van der Waals surface area contributed by atoms with Gasteiger partial charge in [-0.05, 0) is 27.8 Å². The van der Waals surface area contributed by atoms with Crippen LogP contribution in [0, 0.1) is 0 Å². The molecule has 0 bridgehead atoms. The van der Waals surface area contributed by atoms with E-state index in [4.69, 9.17) is 9.15 Å². The number of anilines is 1. The van der Waals surface area contributed by atoms with E-state index in [1.165, 1.54) is 0 Å². The van der Waals surface area contributed by atoms with Gasteiger partial charge in [0.2, 0.25) is 5.89 Å². The Bertz CT molecular complexity index is 316. The van der Waals surface area contributed by atoms with E-state index in [0.717, 1.165) is 19.7 Å². The summed E-state index contributed by atoms with van der Waals surface area (Å²) >= 11 is 0. The van der Waals surface area contributed by atoms with E-state index in [0.29, 0.717) is 18.5 Å². The summed E-state index contributed by atoms with van der Waals surface area (Å²) in [5.74, 6) is 0.609. The Hall–Kier alpha value is -1.14. The molecule has 0 radical (unpaired) electrons. The van der Waals surface area contributed by atoms with Crippen LogP contribution in [-0.2, 0) is 4.74 Å². The quantitative estimate of drug-likeness (QED) is 0.691. The Morgan fingerprint density at radius 3 is 2.76 bits per heavy atom. The minimum absolute atomic E-state index is 0.0712. The van der Waals surface area contributed by atoms with Crippen LogP contribution in [0.3, 0.4) is 0 Å². The second-order valence-electron chi connectivity index (χ2n) is 3.71. The highest BCUT2D eigenvalue weighted by molar-refractivity contribution is 5.23. The number of likely N-dealkylation sites (N-methyl/N-ethyl adjacent to an activating group) is 1. The van der Waals surface area contributed by atoms with Crippen molar-refractivity contribution in [1.82, 2.24) is 15.5 Å². The zero-order valence-electron chi connectivity index (χ0n) is 11.1. The van der Waals surface area contributed by atoms with E-state index < -0.39 is 0 Å². The van der Waals surface area contributed by atoms with Crippen molar-refractivity contribution < 1.29 is 9.15 Å². The third-order valence-corrected chi connectivity index (χ3v) is 2.60. The van der Waals surface area contributed by atoms with Crippen molar-refractivity contribution in [2.75, 3.05) is 38.3 Å². The van der Waals surface area contributed by atoms with Crippen LogP contribution in [0.1, 0.15) is 32.7 Å². The van der Waals surface area contributed by atoms with E-state index in [1.807, 2.05) is 25.8 Å². The lowest BCUT2D eigenvalue weighted by Gasteiger charge is -2.17. The van der Waals surface area contributed by atoms with Gasteiger partial charge in [-0.3, -0.25) is 0 Å². The number of hydrogen-bond acceptors (Lipinski definition) is 6. The molecule has 1 unspecified atom stereocenters. The average molecular weight is 242 g/mol. The molecule has 1 N–H and O–H groups in total. The fourth-order valence-corrected chi connectivity index (χ4v) is 1.36. The van der Waals surface area contributed by atoms with Crippen molar-refractivity contribution in [3.05, 3.63) is 5.89 Å². The van der Waals surface area contributed by atoms with Gasteiger partial charge in [0.1, 0.15) is 0 Å². The summed E-state index contributed by atoms with van der Waals surface area (Å²) in [6.45, 7) is 9.00. The number of hydrogen-bond donors (Lipinski definition) is 1.